The summed E-state index contributed by atoms with van der Waals surface area (Å²) >= 11 is 0. The maximum Gasteiger partial charge on any atom is 0.254 e. The van der Waals surface area contributed by atoms with Crippen LogP contribution in [0.1, 0.15) is 30.6 Å². The van der Waals surface area contributed by atoms with Crippen molar-refractivity contribution in [2.45, 2.75) is 20.3 Å². The highest BCUT2D eigenvalue weighted by atomic mass is 19.1. The predicted octanol–water partition coefficient (Wildman–Crippen LogP) is 2.65. The fourth-order valence-corrected chi connectivity index (χ4v) is 2.71. The first-order valence-electron chi connectivity index (χ1n) is 8.41. The number of benzene rings is 1. The second-order valence-electron chi connectivity index (χ2n) is 6.47. The van der Waals surface area contributed by atoms with Crippen molar-refractivity contribution in [3.8, 4) is 0 Å². The summed E-state index contributed by atoms with van der Waals surface area (Å²) in [5.74, 6) is 0.107. The van der Waals surface area contributed by atoms with Gasteiger partial charge in [-0.2, -0.15) is 0 Å². The lowest BCUT2D eigenvalue weighted by atomic mass is 10.2. The zero-order valence-corrected chi connectivity index (χ0v) is 14.1. The third-order valence-electron chi connectivity index (χ3n) is 3.95. The van der Waals surface area contributed by atoms with Crippen LogP contribution in [-0.2, 0) is 4.74 Å². The molecule has 0 bridgehead atoms. The molecule has 1 amide bonds. The molecule has 0 atom stereocenters. The van der Waals surface area contributed by atoms with Gasteiger partial charge in [-0.3, -0.25) is 9.69 Å². The number of carbonyl (C=O) groups is 1. The van der Waals surface area contributed by atoms with Gasteiger partial charge in [0.2, 0.25) is 0 Å². The molecule has 0 N–H and O–H groups in total. The van der Waals surface area contributed by atoms with E-state index in [1.807, 2.05) is 4.90 Å². The SMILES string of the molecule is CC(C)COCCN1CCCN(C(=O)c2cccc(F)c2)CC1. The summed E-state index contributed by atoms with van der Waals surface area (Å²) < 4.78 is 18.9. The van der Waals surface area contributed by atoms with Gasteiger partial charge < -0.3 is 9.64 Å². The van der Waals surface area contributed by atoms with E-state index < -0.39 is 0 Å². The van der Waals surface area contributed by atoms with Crippen molar-refractivity contribution in [2.24, 2.45) is 5.92 Å². The predicted molar refractivity (Wildman–Crippen MR) is 89.0 cm³/mol. The van der Waals surface area contributed by atoms with E-state index in [0.717, 1.165) is 45.8 Å². The van der Waals surface area contributed by atoms with Crippen LogP contribution in [0.3, 0.4) is 0 Å². The van der Waals surface area contributed by atoms with Gasteiger partial charge in [-0.1, -0.05) is 19.9 Å². The quantitative estimate of drug-likeness (QED) is 0.755. The molecular formula is C18H27FN2O2. The van der Waals surface area contributed by atoms with Crippen molar-refractivity contribution in [2.75, 3.05) is 45.9 Å². The monoisotopic (exact) mass is 322 g/mol. The van der Waals surface area contributed by atoms with Crippen LogP contribution >= 0.6 is 0 Å². The molecule has 0 unspecified atom stereocenters. The van der Waals surface area contributed by atoms with E-state index in [2.05, 4.69) is 18.7 Å². The molecule has 1 fully saturated rings. The molecule has 0 saturated carbocycles. The molecule has 1 heterocycles. The number of halogens is 1. The summed E-state index contributed by atoms with van der Waals surface area (Å²) in [5, 5.41) is 0. The largest absolute Gasteiger partial charge is 0.380 e. The Balaban J connectivity index is 1.80. The topological polar surface area (TPSA) is 32.8 Å². The highest BCUT2D eigenvalue weighted by Crippen LogP contribution is 2.11. The van der Waals surface area contributed by atoms with Crippen LogP contribution in [0, 0.1) is 11.7 Å². The lowest BCUT2D eigenvalue weighted by Crippen LogP contribution is -2.36. The van der Waals surface area contributed by atoms with E-state index in [9.17, 15) is 9.18 Å². The summed E-state index contributed by atoms with van der Waals surface area (Å²) in [6.07, 6.45) is 0.936. The first-order valence-corrected chi connectivity index (χ1v) is 8.41. The highest BCUT2D eigenvalue weighted by Gasteiger charge is 2.20. The van der Waals surface area contributed by atoms with Gasteiger partial charge in [0.15, 0.2) is 0 Å². The van der Waals surface area contributed by atoms with E-state index in [-0.39, 0.29) is 11.7 Å². The Kier molecular flexibility index (Phi) is 6.99. The molecule has 2 rings (SSSR count). The van der Waals surface area contributed by atoms with Crippen LogP contribution in [0.2, 0.25) is 0 Å². The van der Waals surface area contributed by atoms with Crippen LogP contribution in [0.15, 0.2) is 24.3 Å². The second-order valence-corrected chi connectivity index (χ2v) is 6.47. The molecule has 1 aliphatic heterocycles. The minimum atomic E-state index is -0.366. The van der Waals surface area contributed by atoms with Gasteiger partial charge >= 0.3 is 0 Å². The smallest absolute Gasteiger partial charge is 0.254 e. The zero-order valence-electron chi connectivity index (χ0n) is 14.1. The lowest BCUT2D eigenvalue weighted by molar-refractivity contribution is 0.0745. The Labute approximate surface area is 138 Å². The third-order valence-corrected chi connectivity index (χ3v) is 3.95. The van der Waals surface area contributed by atoms with Crippen LogP contribution in [0.25, 0.3) is 0 Å². The average Bonchev–Trinajstić information content (AvgIpc) is 2.76. The van der Waals surface area contributed by atoms with Gasteiger partial charge in [0.1, 0.15) is 5.82 Å². The van der Waals surface area contributed by atoms with Crippen molar-refractivity contribution < 1.29 is 13.9 Å². The van der Waals surface area contributed by atoms with Crippen molar-refractivity contribution >= 4 is 5.91 Å². The number of amides is 1. The minimum Gasteiger partial charge on any atom is -0.380 e. The Hall–Kier alpha value is -1.46. The first-order chi connectivity index (χ1) is 11.1. The van der Waals surface area contributed by atoms with Crippen molar-refractivity contribution in [3.05, 3.63) is 35.6 Å². The van der Waals surface area contributed by atoms with Gasteiger partial charge in [0.05, 0.1) is 6.61 Å². The number of hydrogen-bond acceptors (Lipinski definition) is 3. The molecule has 1 aliphatic rings. The molecule has 128 valence electrons. The van der Waals surface area contributed by atoms with E-state index in [4.69, 9.17) is 4.74 Å². The van der Waals surface area contributed by atoms with Gasteiger partial charge in [0, 0.05) is 38.3 Å². The van der Waals surface area contributed by atoms with Crippen molar-refractivity contribution in [3.63, 3.8) is 0 Å². The maximum absolute atomic E-state index is 13.3. The molecule has 5 heteroatoms. The number of hydrogen-bond donors (Lipinski definition) is 0. The van der Waals surface area contributed by atoms with Crippen LogP contribution in [0.5, 0.6) is 0 Å². The standard InChI is InChI=1S/C18H27FN2O2/c1-15(2)14-23-12-11-20-7-4-8-21(10-9-20)18(22)16-5-3-6-17(19)13-16/h3,5-6,13,15H,4,7-12,14H2,1-2H3. The fraction of sp³-hybridized carbons (Fsp3) is 0.611. The normalized spacial score (nSPS) is 16.6. The number of carbonyl (C=O) groups excluding carboxylic acids is 1. The molecule has 1 aromatic rings. The summed E-state index contributed by atoms with van der Waals surface area (Å²) in [6.45, 7) is 9.91. The zero-order chi connectivity index (χ0) is 16.7. The third kappa shape index (κ3) is 5.92. The van der Waals surface area contributed by atoms with Crippen molar-refractivity contribution in [1.82, 2.24) is 9.80 Å². The fourth-order valence-electron chi connectivity index (χ4n) is 2.71. The molecule has 4 nitrogen and oxygen atoms in total. The van der Waals surface area contributed by atoms with Crippen LogP contribution < -0.4 is 0 Å². The Bertz CT molecular complexity index is 508. The Morgan fingerprint density at radius 3 is 2.83 bits per heavy atom. The number of nitrogens with zero attached hydrogens (tertiary/aromatic N) is 2. The molecule has 0 radical (unpaired) electrons. The molecule has 1 saturated heterocycles. The molecule has 1 aromatic carbocycles. The summed E-state index contributed by atoms with van der Waals surface area (Å²) in [6, 6.07) is 5.93. The Morgan fingerprint density at radius 1 is 1.26 bits per heavy atom. The molecular weight excluding hydrogens is 295 g/mol. The average molecular weight is 322 g/mol. The number of ether oxygens (including phenoxy) is 1. The van der Waals surface area contributed by atoms with Gasteiger partial charge in [-0.05, 0) is 37.1 Å². The van der Waals surface area contributed by atoms with E-state index in [1.165, 1.54) is 12.1 Å². The minimum absolute atomic E-state index is 0.0811. The first kappa shape index (κ1) is 17.9. The summed E-state index contributed by atoms with van der Waals surface area (Å²) in [4.78, 5) is 16.6. The maximum atomic E-state index is 13.3. The van der Waals surface area contributed by atoms with Gasteiger partial charge in [0.25, 0.3) is 5.91 Å². The van der Waals surface area contributed by atoms with Crippen molar-refractivity contribution in [1.29, 1.82) is 0 Å². The van der Waals surface area contributed by atoms with Crippen LogP contribution in [-0.4, -0.2) is 61.6 Å². The Morgan fingerprint density at radius 2 is 2.09 bits per heavy atom. The molecule has 23 heavy (non-hydrogen) atoms. The molecule has 0 aromatic heterocycles. The molecule has 0 spiro atoms. The van der Waals surface area contributed by atoms with E-state index in [0.29, 0.717) is 18.0 Å². The van der Waals surface area contributed by atoms with E-state index in [1.54, 1.807) is 12.1 Å². The van der Waals surface area contributed by atoms with Gasteiger partial charge in [-0.15, -0.1) is 0 Å². The highest BCUT2D eigenvalue weighted by molar-refractivity contribution is 5.94. The summed E-state index contributed by atoms with van der Waals surface area (Å²) in [7, 11) is 0. The summed E-state index contributed by atoms with van der Waals surface area (Å²) in [5.41, 5.74) is 0.429. The second kappa shape index (κ2) is 8.99. The number of rotatable bonds is 6. The molecule has 0 aliphatic carbocycles. The van der Waals surface area contributed by atoms with Gasteiger partial charge in [-0.25, -0.2) is 4.39 Å². The van der Waals surface area contributed by atoms with E-state index >= 15 is 0 Å². The lowest BCUT2D eigenvalue weighted by Gasteiger charge is -2.22. The van der Waals surface area contributed by atoms with Crippen LogP contribution in [0.4, 0.5) is 4.39 Å².